The highest BCUT2D eigenvalue weighted by molar-refractivity contribution is 5.98. The fourth-order valence-corrected chi connectivity index (χ4v) is 2.64. The summed E-state index contributed by atoms with van der Waals surface area (Å²) < 4.78 is 1.80. The summed E-state index contributed by atoms with van der Waals surface area (Å²) in [6.45, 7) is 6.67. The Bertz CT molecular complexity index is 641. The number of aromatic carboxylic acids is 1. The molecule has 0 spiro atoms. The Labute approximate surface area is 118 Å². The number of fused-ring (bicyclic) bond motifs is 1. The highest BCUT2D eigenvalue weighted by Crippen LogP contribution is 2.29. The van der Waals surface area contributed by atoms with E-state index >= 15 is 0 Å². The van der Waals surface area contributed by atoms with Crippen LogP contribution in [-0.4, -0.2) is 27.4 Å². The molecule has 0 aliphatic carbocycles. The lowest BCUT2D eigenvalue weighted by Crippen LogP contribution is -2.10. The molecule has 0 fully saturated rings. The Hall–Kier alpha value is -1.81. The first-order valence-corrected chi connectivity index (χ1v) is 6.94. The fraction of sp³-hybridized carbons (Fsp3) is 0.438. The Morgan fingerprint density at radius 1 is 1.35 bits per heavy atom. The lowest BCUT2D eigenvalue weighted by Gasteiger charge is -2.08. The highest BCUT2D eigenvalue weighted by Gasteiger charge is 2.19. The number of benzene rings is 1. The Morgan fingerprint density at radius 2 is 2.05 bits per heavy atom. The molecule has 0 amide bonds. The number of aryl methyl sites for hydroxylation is 2. The van der Waals surface area contributed by atoms with Gasteiger partial charge in [-0.15, -0.1) is 0 Å². The lowest BCUT2D eigenvalue weighted by atomic mass is 10.0. The van der Waals surface area contributed by atoms with Crippen molar-refractivity contribution in [2.45, 2.75) is 39.7 Å². The van der Waals surface area contributed by atoms with Gasteiger partial charge in [-0.3, -0.25) is 0 Å². The van der Waals surface area contributed by atoms with E-state index < -0.39 is 5.97 Å². The highest BCUT2D eigenvalue weighted by atomic mass is 16.4. The quantitative estimate of drug-likeness (QED) is 0.881. The van der Waals surface area contributed by atoms with Gasteiger partial charge in [-0.05, 0) is 42.5 Å². The predicted octanol–water partition coefficient (Wildman–Crippen LogP) is 3.15. The van der Waals surface area contributed by atoms with E-state index in [4.69, 9.17) is 5.11 Å². The molecule has 0 aliphatic heterocycles. The third-order valence-corrected chi connectivity index (χ3v) is 3.75. The molecule has 108 valence electrons. The van der Waals surface area contributed by atoms with Gasteiger partial charge < -0.3 is 14.8 Å². The molecule has 2 aromatic rings. The van der Waals surface area contributed by atoms with E-state index in [0.29, 0.717) is 24.6 Å². The lowest BCUT2D eigenvalue weighted by molar-refractivity contribution is 0.0684. The second kappa shape index (κ2) is 5.67. The first-order chi connectivity index (χ1) is 9.47. The first-order valence-electron chi connectivity index (χ1n) is 6.94. The maximum Gasteiger partial charge on any atom is 0.352 e. The van der Waals surface area contributed by atoms with Crippen molar-refractivity contribution in [2.75, 3.05) is 6.61 Å². The van der Waals surface area contributed by atoms with Crippen molar-refractivity contribution in [2.24, 2.45) is 0 Å². The van der Waals surface area contributed by atoms with Gasteiger partial charge in [0.1, 0.15) is 5.69 Å². The van der Waals surface area contributed by atoms with E-state index in [1.807, 2.05) is 19.1 Å². The third-order valence-electron chi connectivity index (χ3n) is 3.75. The number of aliphatic hydroxyl groups is 1. The van der Waals surface area contributed by atoms with E-state index in [1.54, 1.807) is 4.57 Å². The van der Waals surface area contributed by atoms with Gasteiger partial charge >= 0.3 is 5.97 Å². The van der Waals surface area contributed by atoms with E-state index in [0.717, 1.165) is 16.5 Å². The molecule has 2 N–H and O–H groups in total. The van der Waals surface area contributed by atoms with Gasteiger partial charge in [-0.2, -0.15) is 0 Å². The number of aliphatic hydroxyl groups excluding tert-OH is 1. The summed E-state index contributed by atoms with van der Waals surface area (Å²) in [6.07, 6.45) is 0.551. The van der Waals surface area contributed by atoms with E-state index in [-0.39, 0.29) is 6.61 Å². The standard InChI is InChI=1S/C16H21NO3/c1-10(2)12-5-6-14-13(9-12)11(3)15(16(19)20)17(14)7-4-8-18/h5-6,9-10,18H,4,7-8H2,1-3H3,(H,19,20). The van der Waals surface area contributed by atoms with Crippen LogP contribution < -0.4 is 0 Å². The normalized spacial score (nSPS) is 11.4. The second-order valence-electron chi connectivity index (χ2n) is 5.44. The second-order valence-corrected chi connectivity index (χ2v) is 5.44. The summed E-state index contributed by atoms with van der Waals surface area (Å²) >= 11 is 0. The summed E-state index contributed by atoms with van der Waals surface area (Å²) in [7, 11) is 0. The van der Waals surface area contributed by atoms with Crippen LogP contribution in [0.4, 0.5) is 0 Å². The van der Waals surface area contributed by atoms with Gasteiger partial charge in [0.05, 0.1) is 0 Å². The predicted molar refractivity (Wildman–Crippen MR) is 79.4 cm³/mol. The minimum atomic E-state index is -0.914. The molecule has 0 aliphatic rings. The van der Waals surface area contributed by atoms with Crippen LogP contribution in [0.1, 0.15) is 47.8 Å². The van der Waals surface area contributed by atoms with Crippen LogP contribution in [0.2, 0.25) is 0 Å². The molecule has 0 atom stereocenters. The molecule has 1 aromatic carbocycles. The van der Waals surface area contributed by atoms with Crippen molar-refractivity contribution in [1.29, 1.82) is 0 Å². The fourth-order valence-electron chi connectivity index (χ4n) is 2.64. The van der Waals surface area contributed by atoms with Crippen molar-refractivity contribution >= 4 is 16.9 Å². The smallest absolute Gasteiger partial charge is 0.352 e. The summed E-state index contributed by atoms with van der Waals surface area (Å²) in [5.74, 6) is -0.504. The van der Waals surface area contributed by atoms with Crippen molar-refractivity contribution in [3.63, 3.8) is 0 Å². The van der Waals surface area contributed by atoms with Gasteiger partial charge in [0.25, 0.3) is 0 Å². The van der Waals surface area contributed by atoms with Crippen molar-refractivity contribution in [3.05, 3.63) is 35.0 Å². The summed E-state index contributed by atoms with van der Waals surface area (Å²) in [5.41, 5.74) is 3.26. The minimum Gasteiger partial charge on any atom is -0.477 e. The molecule has 0 saturated carbocycles. The molecule has 0 bridgehead atoms. The van der Waals surface area contributed by atoms with Crippen LogP contribution in [-0.2, 0) is 6.54 Å². The summed E-state index contributed by atoms with van der Waals surface area (Å²) in [4.78, 5) is 11.5. The number of carboxylic acid groups (broad SMARTS) is 1. The van der Waals surface area contributed by atoms with E-state index in [9.17, 15) is 9.90 Å². The van der Waals surface area contributed by atoms with E-state index in [1.165, 1.54) is 5.56 Å². The zero-order valence-corrected chi connectivity index (χ0v) is 12.2. The summed E-state index contributed by atoms with van der Waals surface area (Å²) in [5, 5.41) is 19.4. The molecule has 0 unspecified atom stereocenters. The van der Waals surface area contributed by atoms with Crippen molar-refractivity contribution in [1.82, 2.24) is 4.57 Å². The van der Waals surface area contributed by atoms with E-state index in [2.05, 4.69) is 19.9 Å². The SMILES string of the molecule is Cc1c(C(=O)O)n(CCCO)c2ccc(C(C)C)cc12. The summed E-state index contributed by atoms with van der Waals surface area (Å²) in [6, 6.07) is 6.12. The van der Waals surface area contributed by atoms with Crippen molar-refractivity contribution < 1.29 is 15.0 Å². The molecule has 4 nitrogen and oxygen atoms in total. The van der Waals surface area contributed by atoms with Gasteiger partial charge in [0.15, 0.2) is 0 Å². The average Bonchev–Trinajstić information content (AvgIpc) is 2.68. The number of nitrogens with zero attached hydrogens (tertiary/aromatic N) is 1. The first kappa shape index (κ1) is 14.6. The molecular weight excluding hydrogens is 254 g/mol. The number of carbonyl (C=O) groups is 1. The Morgan fingerprint density at radius 3 is 2.60 bits per heavy atom. The van der Waals surface area contributed by atoms with Crippen LogP contribution in [0, 0.1) is 6.92 Å². The molecule has 20 heavy (non-hydrogen) atoms. The number of hydrogen-bond donors (Lipinski definition) is 2. The topological polar surface area (TPSA) is 62.5 Å². The largest absolute Gasteiger partial charge is 0.477 e. The maximum absolute atomic E-state index is 11.5. The number of hydrogen-bond acceptors (Lipinski definition) is 2. The number of rotatable bonds is 5. The molecule has 1 aromatic heterocycles. The minimum absolute atomic E-state index is 0.0574. The maximum atomic E-state index is 11.5. The molecule has 1 heterocycles. The molecule has 0 radical (unpaired) electrons. The molecule has 0 saturated heterocycles. The molecule has 2 rings (SSSR count). The number of carboxylic acids is 1. The van der Waals surface area contributed by atoms with Gasteiger partial charge in [0, 0.05) is 24.1 Å². The zero-order chi connectivity index (χ0) is 14.9. The van der Waals surface area contributed by atoms with Gasteiger partial charge in [0.2, 0.25) is 0 Å². The van der Waals surface area contributed by atoms with Crippen LogP contribution >= 0.6 is 0 Å². The van der Waals surface area contributed by atoms with Crippen LogP contribution in [0.3, 0.4) is 0 Å². The van der Waals surface area contributed by atoms with Gasteiger partial charge in [-0.1, -0.05) is 19.9 Å². The molecule has 4 heteroatoms. The Balaban J connectivity index is 2.68. The van der Waals surface area contributed by atoms with Crippen LogP contribution in [0.5, 0.6) is 0 Å². The molecular formula is C16H21NO3. The van der Waals surface area contributed by atoms with Crippen LogP contribution in [0.25, 0.3) is 10.9 Å². The third kappa shape index (κ3) is 2.43. The number of aromatic nitrogens is 1. The monoisotopic (exact) mass is 275 g/mol. The van der Waals surface area contributed by atoms with Crippen molar-refractivity contribution in [3.8, 4) is 0 Å². The Kier molecular flexibility index (Phi) is 4.14. The van der Waals surface area contributed by atoms with Gasteiger partial charge in [-0.25, -0.2) is 4.79 Å². The zero-order valence-electron chi connectivity index (χ0n) is 12.2. The average molecular weight is 275 g/mol. The van der Waals surface area contributed by atoms with Crippen LogP contribution in [0.15, 0.2) is 18.2 Å².